The van der Waals surface area contributed by atoms with Crippen LogP contribution in [0.4, 0.5) is 14.6 Å². The van der Waals surface area contributed by atoms with Gasteiger partial charge in [-0.3, -0.25) is 4.79 Å². The van der Waals surface area contributed by atoms with Crippen molar-refractivity contribution in [2.45, 2.75) is 26.2 Å². The van der Waals surface area contributed by atoms with E-state index in [1.807, 2.05) is 26.0 Å². The van der Waals surface area contributed by atoms with Crippen molar-refractivity contribution in [2.24, 2.45) is 0 Å². The van der Waals surface area contributed by atoms with Gasteiger partial charge in [0.05, 0.1) is 15.9 Å². The molecule has 1 unspecified atom stereocenters. The number of hydrogen-bond acceptors (Lipinski definition) is 4. The summed E-state index contributed by atoms with van der Waals surface area (Å²) in [5.41, 5.74) is 3.84. The zero-order valence-corrected chi connectivity index (χ0v) is 16.5. The van der Waals surface area contributed by atoms with E-state index in [1.54, 1.807) is 4.68 Å². The summed E-state index contributed by atoms with van der Waals surface area (Å²) in [5, 5.41) is 8.10. The zero-order chi connectivity index (χ0) is 20.3. The first kappa shape index (κ1) is 17.9. The lowest BCUT2D eigenvalue weighted by molar-refractivity contribution is -0.116. The number of nitrogens with one attached hydrogen (secondary N) is 1. The minimum atomic E-state index is -0.667. The fourth-order valence-electron chi connectivity index (χ4n) is 3.86. The average molecular weight is 410 g/mol. The van der Waals surface area contributed by atoms with Crippen molar-refractivity contribution in [1.29, 1.82) is 0 Å². The van der Waals surface area contributed by atoms with Gasteiger partial charge in [-0.15, -0.1) is 0 Å². The van der Waals surface area contributed by atoms with Gasteiger partial charge in [0.25, 0.3) is 0 Å². The molecule has 5 nitrogen and oxygen atoms in total. The van der Waals surface area contributed by atoms with Crippen molar-refractivity contribution in [3.8, 4) is 5.13 Å². The standard InChI is InChI=1S/C21H16F2N4OS/c1-10-3-4-16-17(5-10)29-21(24-16)27-20-19(11(2)26-27)15(9-18(28)25-20)12-6-13(22)8-14(23)7-12/h3-8,15H,9H2,1-2H3,(H,25,28). The number of fused-ring (bicyclic) bond motifs is 2. The Balaban J connectivity index is 1.68. The molecular formula is C21H16F2N4OS. The lowest BCUT2D eigenvalue weighted by atomic mass is 9.85. The summed E-state index contributed by atoms with van der Waals surface area (Å²) >= 11 is 1.47. The van der Waals surface area contributed by atoms with E-state index in [0.717, 1.165) is 27.4 Å². The highest BCUT2D eigenvalue weighted by atomic mass is 32.1. The number of aryl methyl sites for hydroxylation is 2. The summed E-state index contributed by atoms with van der Waals surface area (Å²) in [6.07, 6.45) is 0.0987. The smallest absolute Gasteiger partial charge is 0.226 e. The fourth-order valence-corrected chi connectivity index (χ4v) is 4.88. The van der Waals surface area contributed by atoms with Crippen molar-refractivity contribution < 1.29 is 13.6 Å². The van der Waals surface area contributed by atoms with Gasteiger partial charge in [0, 0.05) is 24.0 Å². The highest BCUT2D eigenvalue weighted by Crippen LogP contribution is 2.41. The van der Waals surface area contributed by atoms with E-state index in [4.69, 9.17) is 0 Å². The summed E-state index contributed by atoms with van der Waals surface area (Å²) in [6.45, 7) is 3.84. The van der Waals surface area contributed by atoms with Crippen molar-refractivity contribution in [3.63, 3.8) is 0 Å². The maximum Gasteiger partial charge on any atom is 0.226 e. The van der Waals surface area contributed by atoms with Gasteiger partial charge in [0.1, 0.15) is 17.5 Å². The Morgan fingerprint density at radius 1 is 1.14 bits per heavy atom. The average Bonchev–Trinajstić information content (AvgIpc) is 3.20. The third kappa shape index (κ3) is 3.00. The van der Waals surface area contributed by atoms with E-state index in [-0.39, 0.29) is 12.3 Å². The van der Waals surface area contributed by atoms with E-state index >= 15 is 0 Å². The Labute approximate surface area is 169 Å². The molecule has 3 heterocycles. The molecule has 1 N–H and O–H groups in total. The molecule has 5 rings (SSSR count). The van der Waals surface area contributed by atoms with Gasteiger partial charge in [-0.1, -0.05) is 17.4 Å². The quantitative estimate of drug-likeness (QED) is 0.514. The van der Waals surface area contributed by atoms with Crippen molar-refractivity contribution >= 4 is 33.3 Å². The van der Waals surface area contributed by atoms with Crippen LogP contribution in [0.25, 0.3) is 15.3 Å². The second-order valence-electron chi connectivity index (χ2n) is 7.23. The predicted octanol–water partition coefficient (Wildman–Crippen LogP) is 4.85. The van der Waals surface area contributed by atoms with Crippen molar-refractivity contribution in [2.75, 3.05) is 5.32 Å². The normalized spacial score (nSPS) is 16.1. The highest BCUT2D eigenvalue weighted by molar-refractivity contribution is 7.20. The zero-order valence-electron chi connectivity index (χ0n) is 15.7. The molecule has 146 valence electrons. The molecule has 0 saturated heterocycles. The molecule has 2 aromatic carbocycles. The van der Waals surface area contributed by atoms with Crippen LogP contribution in [-0.4, -0.2) is 20.7 Å². The van der Waals surface area contributed by atoms with E-state index in [9.17, 15) is 13.6 Å². The fraction of sp³-hybridized carbons (Fsp3) is 0.190. The van der Waals surface area contributed by atoms with Gasteiger partial charge >= 0.3 is 0 Å². The number of rotatable bonds is 2. The van der Waals surface area contributed by atoms with E-state index in [1.165, 1.54) is 23.5 Å². The number of carbonyl (C=O) groups is 1. The van der Waals surface area contributed by atoms with E-state index < -0.39 is 17.6 Å². The molecular weight excluding hydrogens is 394 g/mol. The maximum atomic E-state index is 13.8. The van der Waals surface area contributed by atoms with Gasteiger partial charge in [0.15, 0.2) is 0 Å². The molecule has 0 bridgehead atoms. The highest BCUT2D eigenvalue weighted by Gasteiger charge is 2.33. The maximum absolute atomic E-state index is 13.8. The predicted molar refractivity (Wildman–Crippen MR) is 108 cm³/mol. The molecule has 1 atom stereocenters. The Bertz CT molecular complexity index is 1270. The summed E-state index contributed by atoms with van der Waals surface area (Å²) in [7, 11) is 0. The first-order valence-electron chi connectivity index (χ1n) is 9.12. The first-order chi connectivity index (χ1) is 13.9. The van der Waals surface area contributed by atoms with E-state index in [2.05, 4.69) is 21.5 Å². The van der Waals surface area contributed by atoms with Gasteiger partial charge in [-0.2, -0.15) is 9.78 Å². The molecule has 0 aliphatic carbocycles. The molecule has 1 aliphatic heterocycles. The molecule has 8 heteroatoms. The number of hydrogen-bond donors (Lipinski definition) is 1. The van der Waals surface area contributed by atoms with Crippen LogP contribution >= 0.6 is 11.3 Å². The SMILES string of the molecule is Cc1ccc2nc(-n3nc(C)c4c3NC(=O)CC4c3cc(F)cc(F)c3)sc2c1. The second-order valence-corrected chi connectivity index (χ2v) is 8.24. The number of benzene rings is 2. The van der Waals surface area contributed by atoms with Crippen LogP contribution in [0.2, 0.25) is 0 Å². The molecule has 29 heavy (non-hydrogen) atoms. The molecule has 0 saturated carbocycles. The number of anilines is 1. The van der Waals surface area contributed by atoms with Crippen LogP contribution in [0.3, 0.4) is 0 Å². The van der Waals surface area contributed by atoms with Crippen molar-refractivity contribution in [3.05, 3.63) is 70.4 Å². The topological polar surface area (TPSA) is 59.8 Å². The number of nitrogens with zero attached hydrogens (tertiary/aromatic N) is 3. The lowest BCUT2D eigenvalue weighted by Gasteiger charge is -2.24. The second kappa shape index (κ2) is 6.45. The monoisotopic (exact) mass is 410 g/mol. The summed E-state index contributed by atoms with van der Waals surface area (Å²) in [6, 6.07) is 9.36. The van der Waals surface area contributed by atoms with Crippen LogP contribution in [0.5, 0.6) is 0 Å². The Hall–Kier alpha value is -3.13. The molecule has 4 aromatic rings. The lowest BCUT2D eigenvalue weighted by Crippen LogP contribution is -2.25. The van der Waals surface area contributed by atoms with Gasteiger partial charge in [-0.25, -0.2) is 13.8 Å². The number of carbonyl (C=O) groups excluding carboxylic acids is 1. The van der Waals surface area contributed by atoms with Crippen LogP contribution in [0.15, 0.2) is 36.4 Å². The first-order valence-corrected chi connectivity index (χ1v) is 9.93. The van der Waals surface area contributed by atoms with Crippen LogP contribution < -0.4 is 5.32 Å². The third-order valence-electron chi connectivity index (χ3n) is 5.10. The van der Waals surface area contributed by atoms with Gasteiger partial charge in [0.2, 0.25) is 11.0 Å². The van der Waals surface area contributed by atoms with Gasteiger partial charge < -0.3 is 5.32 Å². The number of thiazole rings is 1. The summed E-state index contributed by atoms with van der Waals surface area (Å²) in [5.74, 6) is -1.54. The largest absolute Gasteiger partial charge is 0.310 e. The summed E-state index contributed by atoms with van der Waals surface area (Å²) in [4.78, 5) is 17.1. The van der Waals surface area contributed by atoms with Crippen LogP contribution in [0, 0.1) is 25.5 Å². The Morgan fingerprint density at radius 2 is 1.90 bits per heavy atom. The molecule has 0 radical (unpaired) electrons. The molecule has 1 amide bonds. The van der Waals surface area contributed by atoms with Gasteiger partial charge in [-0.05, 0) is 49.2 Å². The number of aromatic nitrogens is 3. The summed E-state index contributed by atoms with van der Waals surface area (Å²) < 4.78 is 30.3. The molecule has 0 fully saturated rings. The number of halogens is 2. The third-order valence-corrected chi connectivity index (χ3v) is 6.10. The molecule has 0 spiro atoms. The number of amides is 1. The van der Waals surface area contributed by atoms with Crippen LogP contribution in [-0.2, 0) is 4.79 Å². The van der Waals surface area contributed by atoms with E-state index in [0.29, 0.717) is 22.2 Å². The molecule has 2 aromatic heterocycles. The minimum Gasteiger partial charge on any atom is -0.310 e. The van der Waals surface area contributed by atoms with Crippen LogP contribution in [0.1, 0.15) is 34.7 Å². The van der Waals surface area contributed by atoms with Crippen molar-refractivity contribution in [1.82, 2.24) is 14.8 Å². The molecule has 1 aliphatic rings. The minimum absolute atomic E-state index is 0.0987. The Kier molecular flexibility index (Phi) is 3.99. The Morgan fingerprint density at radius 3 is 2.66 bits per heavy atom.